The van der Waals surface area contributed by atoms with Crippen molar-refractivity contribution in [3.05, 3.63) is 0 Å². The predicted octanol–water partition coefficient (Wildman–Crippen LogP) is 8.64. The van der Waals surface area contributed by atoms with Gasteiger partial charge in [0.15, 0.2) is 0 Å². The zero-order chi connectivity index (χ0) is 18.1. The lowest BCUT2D eigenvalue weighted by Gasteiger charge is -2.58. The van der Waals surface area contributed by atoms with E-state index in [1.165, 1.54) is 64.2 Å². The minimum Gasteiger partial charge on any atom is -0.0654 e. The van der Waals surface area contributed by atoms with Crippen LogP contribution in [0.1, 0.15) is 127 Å². The van der Waals surface area contributed by atoms with Crippen LogP contribution in [0.25, 0.3) is 0 Å². The molecule has 0 rings (SSSR count). The molecule has 140 valence electrons. The standard InChI is InChI=1S/C23H48/c1-10-13-14-18-23(19-15-20(4)5,21(6,7)16-11-2)22(8,9)17-12-3/h20H,10-19H2,1-9H3. The molecule has 0 aromatic rings. The Morgan fingerprint density at radius 3 is 1.43 bits per heavy atom. The van der Waals surface area contributed by atoms with Gasteiger partial charge in [-0.25, -0.2) is 0 Å². The van der Waals surface area contributed by atoms with E-state index < -0.39 is 0 Å². The van der Waals surface area contributed by atoms with Gasteiger partial charge in [0.25, 0.3) is 0 Å². The highest BCUT2D eigenvalue weighted by Crippen LogP contribution is 2.61. The van der Waals surface area contributed by atoms with Crippen molar-refractivity contribution in [2.75, 3.05) is 0 Å². The first-order valence-electron chi connectivity index (χ1n) is 10.6. The number of rotatable bonds is 13. The van der Waals surface area contributed by atoms with Crippen molar-refractivity contribution in [2.45, 2.75) is 127 Å². The molecule has 0 nitrogen and oxygen atoms in total. The second-order valence-corrected chi connectivity index (χ2v) is 9.74. The molecule has 0 bridgehead atoms. The van der Waals surface area contributed by atoms with Crippen molar-refractivity contribution in [1.29, 1.82) is 0 Å². The molecule has 0 spiro atoms. The molecule has 0 aromatic carbocycles. The van der Waals surface area contributed by atoms with Gasteiger partial charge in [-0.1, -0.05) is 101 Å². The molecule has 0 saturated heterocycles. The Morgan fingerprint density at radius 1 is 0.609 bits per heavy atom. The van der Waals surface area contributed by atoms with E-state index in [1.807, 2.05) is 0 Å². The topological polar surface area (TPSA) is 0 Å². The van der Waals surface area contributed by atoms with Gasteiger partial charge >= 0.3 is 0 Å². The van der Waals surface area contributed by atoms with Crippen LogP contribution in [0.2, 0.25) is 0 Å². The summed E-state index contributed by atoms with van der Waals surface area (Å²) in [6, 6.07) is 0. The first kappa shape index (κ1) is 23.0. The largest absolute Gasteiger partial charge is 0.0654 e. The second kappa shape index (κ2) is 10.1. The molecular formula is C23H48. The number of hydrogen-bond donors (Lipinski definition) is 0. The molecule has 0 heteroatoms. The highest BCUT2D eigenvalue weighted by Gasteiger charge is 2.52. The molecule has 0 aromatic heterocycles. The van der Waals surface area contributed by atoms with Gasteiger partial charge in [-0.05, 0) is 47.8 Å². The Bertz CT molecular complexity index is 277. The van der Waals surface area contributed by atoms with E-state index in [-0.39, 0.29) is 0 Å². The summed E-state index contributed by atoms with van der Waals surface area (Å²) in [5.41, 5.74) is 1.34. The molecule has 0 fully saturated rings. The Balaban J connectivity index is 5.77. The maximum Gasteiger partial charge on any atom is -0.0195 e. The SMILES string of the molecule is CCCCCC(CCC(C)C)(C(C)(C)CCC)C(C)(C)CCC. The smallest absolute Gasteiger partial charge is 0.0195 e. The van der Waals surface area contributed by atoms with Gasteiger partial charge < -0.3 is 0 Å². The maximum absolute atomic E-state index is 2.58. The molecule has 0 radical (unpaired) electrons. The first-order chi connectivity index (χ1) is 10.6. The van der Waals surface area contributed by atoms with Crippen molar-refractivity contribution in [3.8, 4) is 0 Å². The van der Waals surface area contributed by atoms with Gasteiger partial charge in [-0.2, -0.15) is 0 Å². The van der Waals surface area contributed by atoms with Gasteiger partial charge in [-0.15, -0.1) is 0 Å². The van der Waals surface area contributed by atoms with Crippen molar-refractivity contribution in [1.82, 2.24) is 0 Å². The van der Waals surface area contributed by atoms with Crippen LogP contribution >= 0.6 is 0 Å². The van der Waals surface area contributed by atoms with E-state index in [1.54, 1.807) is 0 Å². The molecule has 0 atom stereocenters. The molecule has 0 aliphatic carbocycles. The van der Waals surface area contributed by atoms with Crippen LogP contribution in [0.3, 0.4) is 0 Å². The summed E-state index contributed by atoms with van der Waals surface area (Å²) >= 11 is 0. The van der Waals surface area contributed by atoms with Gasteiger partial charge in [0.2, 0.25) is 0 Å². The summed E-state index contributed by atoms with van der Waals surface area (Å²) in [5.74, 6) is 0.815. The third kappa shape index (κ3) is 6.09. The molecule has 0 heterocycles. The van der Waals surface area contributed by atoms with Gasteiger partial charge in [-0.3, -0.25) is 0 Å². The monoisotopic (exact) mass is 324 g/mol. The summed E-state index contributed by atoms with van der Waals surface area (Å²) < 4.78 is 0. The lowest BCUT2D eigenvalue weighted by Crippen LogP contribution is -2.49. The third-order valence-electron chi connectivity index (χ3n) is 6.70. The van der Waals surface area contributed by atoms with Crippen molar-refractivity contribution in [3.63, 3.8) is 0 Å². The molecule has 0 aliphatic heterocycles. The molecule has 0 saturated carbocycles. The summed E-state index contributed by atoms with van der Waals surface area (Å²) in [6.45, 7) is 22.2. The lowest BCUT2D eigenvalue weighted by atomic mass is 9.47. The summed E-state index contributed by atoms with van der Waals surface area (Å²) in [6.07, 6.45) is 13.7. The van der Waals surface area contributed by atoms with Crippen molar-refractivity contribution < 1.29 is 0 Å². The van der Waals surface area contributed by atoms with E-state index in [2.05, 4.69) is 62.3 Å². The highest BCUT2D eigenvalue weighted by molar-refractivity contribution is 5.01. The van der Waals surface area contributed by atoms with Gasteiger partial charge in [0, 0.05) is 0 Å². The second-order valence-electron chi connectivity index (χ2n) is 9.74. The maximum atomic E-state index is 2.58. The summed E-state index contributed by atoms with van der Waals surface area (Å²) in [4.78, 5) is 0. The van der Waals surface area contributed by atoms with Crippen molar-refractivity contribution >= 4 is 0 Å². The minimum atomic E-state index is 0.434. The van der Waals surface area contributed by atoms with E-state index in [4.69, 9.17) is 0 Å². The van der Waals surface area contributed by atoms with Crippen molar-refractivity contribution in [2.24, 2.45) is 22.2 Å². The average Bonchev–Trinajstić information content (AvgIpc) is 2.41. The summed E-state index contributed by atoms with van der Waals surface area (Å²) in [7, 11) is 0. The van der Waals surface area contributed by atoms with Crippen LogP contribution in [0.15, 0.2) is 0 Å². The normalized spacial score (nSPS) is 13.8. The Kier molecular flexibility index (Phi) is 10.1. The third-order valence-corrected chi connectivity index (χ3v) is 6.70. The number of unbranched alkanes of at least 4 members (excludes halogenated alkanes) is 2. The quantitative estimate of drug-likeness (QED) is 0.297. The fraction of sp³-hybridized carbons (Fsp3) is 1.00. The van der Waals surface area contributed by atoms with E-state index in [0.717, 1.165) is 5.92 Å². The Hall–Kier alpha value is 0. The van der Waals surface area contributed by atoms with Crippen LogP contribution in [0.4, 0.5) is 0 Å². The van der Waals surface area contributed by atoms with Crippen LogP contribution < -0.4 is 0 Å². The van der Waals surface area contributed by atoms with Gasteiger partial charge in [0.05, 0.1) is 0 Å². The molecular weight excluding hydrogens is 276 g/mol. The fourth-order valence-electron chi connectivity index (χ4n) is 5.34. The Morgan fingerprint density at radius 2 is 1.09 bits per heavy atom. The van der Waals surface area contributed by atoms with Crippen LogP contribution in [0, 0.1) is 22.2 Å². The number of hydrogen-bond acceptors (Lipinski definition) is 0. The highest BCUT2D eigenvalue weighted by atomic mass is 14.6. The van der Waals surface area contributed by atoms with Crippen LogP contribution in [-0.4, -0.2) is 0 Å². The van der Waals surface area contributed by atoms with Gasteiger partial charge in [0.1, 0.15) is 0 Å². The molecule has 23 heavy (non-hydrogen) atoms. The minimum absolute atomic E-state index is 0.434. The van der Waals surface area contributed by atoms with E-state index in [0.29, 0.717) is 16.2 Å². The zero-order valence-corrected chi connectivity index (χ0v) is 18.1. The Labute approximate surface area is 149 Å². The average molecular weight is 325 g/mol. The van der Waals surface area contributed by atoms with E-state index >= 15 is 0 Å². The molecule has 0 unspecified atom stereocenters. The fourth-order valence-corrected chi connectivity index (χ4v) is 5.34. The van der Waals surface area contributed by atoms with E-state index in [9.17, 15) is 0 Å². The molecule has 0 aliphatic rings. The molecule has 0 amide bonds. The molecule has 0 N–H and O–H groups in total. The van der Waals surface area contributed by atoms with Crippen LogP contribution in [-0.2, 0) is 0 Å². The lowest BCUT2D eigenvalue weighted by molar-refractivity contribution is -0.0832. The van der Waals surface area contributed by atoms with Crippen LogP contribution in [0.5, 0.6) is 0 Å². The first-order valence-corrected chi connectivity index (χ1v) is 10.6. The summed E-state index contributed by atoms with van der Waals surface area (Å²) in [5, 5.41) is 0. The zero-order valence-electron chi connectivity index (χ0n) is 18.1. The predicted molar refractivity (Wildman–Crippen MR) is 108 cm³/mol.